The Bertz CT molecular complexity index is 450. The van der Waals surface area contributed by atoms with E-state index in [1.807, 2.05) is 25.1 Å². The summed E-state index contributed by atoms with van der Waals surface area (Å²) in [6.45, 7) is 4.40. The van der Waals surface area contributed by atoms with E-state index in [-0.39, 0.29) is 0 Å². The Hall–Kier alpha value is -0.870. The summed E-state index contributed by atoms with van der Waals surface area (Å²) in [7, 11) is 0.659. The van der Waals surface area contributed by atoms with Crippen LogP contribution < -0.4 is 0 Å². The van der Waals surface area contributed by atoms with E-state index < -0.39 is 9.84 Å². The van der Waals surface area contributed by atoms with Crippen LogP contribution in [-0.4, -0.2) is 33.7 Å². The molecule has 0 bridgehead atoms. The van der Waals surface area contributed by atoms with E-state index in [0.717, 1.165) is 11.1 Å². The smallest absolute Gasteiger partial charge is 0.175 e. The summed E-state index contributed by atoms with van der Waals surface area (Å²) in [6, 6.07) is 5.16. The second-order valence-corrected chi connectivity index (χ2v) is 5.94. The first kappa shape index (κ1) is 12.2. The van der Waals surface area contributed by atoms with Crippen LogP contribution in [0.4, 0.5) is 0 Å². The van der Waals surface area contributed by atoms with Crippen molar-refractivity contribution < 1.29 is 8.42 Å². The monoisotopic (exact) mass is 226 g/mol. The summed E-state index contributed by atoms with van der Waals surface area (Å²) >= 11 is 0. The molecule has 3 nitrogen and oxygen atoms in total. The fraction of sp³-hybridized carbons (Fsp3) is 0.364. The molecule has 0 atom stereocenters. The molecule has 0 spiro atoms. The molecule has 0 aliphatic carbocycles. The standard InChI is InChI=1S/C11H16NO2S/c1-9-5-6-11(15(4,13)14)10(7-9)8-12(2)3/h5-7H,1,8H2,2-4H3. The average Bonchev–Trinajstić information content (AvgIpc) is 1.99. The van der Waals surface area contributed by atoms with Gasteiger partial charge in [-0.15, -0.1) is 0 Å². The third kappa shape index (κ3) is 3.32. The Labute approximate surface area is 91.6 Å². The minimum atomic E-state index is -3.15. The molecule has 0 unspecified atom stereocenters. The maximum absolute atomic E-state index is 11.5. The topological polar surface area (TPSA) is 37.4 Å². The van der Waals surface area contributed by atoms with Crippen LogP contribution in [0.15, 0.2) is 23.1 Å². The minimum Gasteiger partial charge on any atom is -0.305 e. The molecule has 0 fully saturated rings. The fourth-order valence-electron chi connectivity index (χ4n) is 1.46. The van der Waals surface area contributed by atoms with Gasteiger partial charge in [-0.05, 0) is 38.2 Å². The fourth-order valence-corrected chi connectivity index (χ4v) is 2.37. The Morgan fingerprint density at radius 2 is 1.93 bits per heavy atom. The maximum atomic E-state index is 11.5. The van der Waals surface area contributed by atoms with Crippen LogP contribution >= 0.6 is 0 Å². The van der Waals surface area contributed by atoms with Crippen LogP contribution in [0.5, 0.6) is 0 Å². The molecule has 83 valence electrons. The number of rotatable bonds is 3. The molecule has 0 aliphatic rings. The van der Waals surface area contributed by atoms with Gasteiger partial charge in [-0.25, -0.2) is 8.42 Å². The van der Waals surface area contributed by atoms with E-state index in [1.54, 1.807) is 12.1 Å². The van der Waals surface area contributed by atoms with Gasteiger partial charge in [-0.2, -0.15) is 0 Å². The third-order valence-corrected chi connectivity index (χ3v) is 3.21. The summed E-state index contributed by atoms with van der Waals surface area (Å²) < 4.78 is 23.0. The zero-order valence-electron chi connectivity index (χ0n) is 9.32. The quantitative estimate of drug-likeness (QED) is 0.780. The highest BCUT2D eigenvalue weighted by Gasteiger charge is 2.13. The molecule has 0 saturated carbocycles. The lowest BCUT2D eigenvalue weighted by Crippen LogP contribution is -2.14. The van der Waals surface area contributed by atoms with Crippen molar-refractivity contribution in [1.29, 1.82) is 0 Å². The normalized spacial score (nSPS) is 12.1. The van der Waals surface area contributed by atoms with E-state index in [1.165, 1.54) is 6.26 Å². The van der Waals surface area contributed by atoms with Crippen LogP contribution in [0.1, 0.15) is 11.1 Å². The molecular weight excluding hydrogens is 210 g/mol. The predicted octanol–water partition coefficient (Wildman–Crippen LogP) is 1.33. The minimum absolute atomic E-state index is 0.392. The van der Waals surface area contributed by atoms with Gasteiger partial charge in [-0.3, -0.25) is 0 Å². The molecule has 4 heteroatoms. The zero-order valence-corrected chi connectivity index (χ0v) is 10.1. The average molecular weight is 226 g/mol. The SMILES string of the molecule is [CH2]c1ccc(S(C)(=O)=O)c(CN(C)C)c1. The molecule has 1 rings (SSSR count). The molecule has 0 amide bonds. The maximum Gasteiger partial charge on any atom is 0.175 e. The van der Waals surface area contributed by atoms with Gasteiger partial charge in [0.05, 0.1) is 4.90 Å². The number of sulfone groups is 1. The van der Waals surface area contributed by atoms with Crippen molar-refractivity contribution in [3.63, 3.8) is 0 Å². The van der Waals surface area contributed by atoms with Crippen molar-refractivity contribution in [1.82, 2.24) is 4.90 Å². The number of benzene rings is 1. The summed E-state index contributed by atoms with van der Waals surface area (Å²) in [5, 5.41) is 0. The summed E-state index contributed by atoms with van der Waals surface area (Å²) in [5.74, 6) is 0. The van der Waals surface area contributed by atoms with E-state index in [2.05, 4.69) is 6.92 Å². The highest BCUT2D eigenvalue weighted by atomic mass is 32.2. The second kappa shape index (κ2) is 4.33. The van der Waals surface area contributed by atoms with Gasteiger partial charge in [0.1, 0.15) is 0 Å². The van der Waals surface area contributed by atoms with Crippen molar-refractivity contribution in [2.75, 3.05) is 20.4 Å². The lowest BCUT2D eigenvalue weighted by atomic mass is 10.1. The first-order chi connectivity index (χ1) is 6.80. The van der Waals surface area contributed by atoms with Gasteiger partial charge in [-0.1, -0.05) is 12.1 Å². The highest BCUT2D eigenvalue weighted by molar-refractivity contribution is 7.90. The number of hydrogen-bond donors (Lipinski definition) is 0. The van der Waals surface area contributed by atoms with Gasteiger partial charge in [0.25, 0.3) is 0 Å². The first-order valence-electron chi connectivity index (χ1n) is 4.60. The summed E-state index contributed by atoms with van der Waals surface area (Å²) in [5.41, 5.74) is 1.63. The number of nitrogens with zero attached hydrogens (tertiary/aromatic N) is 1. The lowest BCUT2D eigenvalue weighted by Gasteiger charge is -2.13. The Balaban J connectivity index is 3.27. The van der Waals surface area contributed by atoms with Crippen LogP contribution in [0.25, 0.3) is 0 Å². The van der Waals surface area contributed by atoms with Crippen molar-refractivity contribution in [2.45, 2.75) is 11.4 Å². The number of hydrogen-bond acceptors (Lipinski definition) is 3. The van der Waals surface area contributed by atoms with E-state index in [9.17, 15) is 8.42 Å². The van der Waals surface area contributed by atoms with Crippen LogP contribution in [0, 0.1) is 6.92 Å². The molecule has 0 aromatic heterocycles. The highest BCUT2D eigenvalue weighted by Crippen LogP contribution is 2.18. The Morgan fingerprint density at radius 1 is 1.33 bits per heavy atom. The van der Waals surface area contributed by atoms with E-state index in [0.29, 0.717) is 11.4 Å². The van der Waals surface area contributed by atoms with Gasteiger partial charge in [0.15, 0.2) is 9.84 Å². The summed E-state index contributed by atoms with van der Waals surface area (Å²) in [6.07, 6.45) is 1.23. The van der Waals surface area contributed by atoms with Crippen LogP contribution in [0.3, 0.4) is 0 Å². The Morgan fingerprint density at radius 3 is 2.40 bits per heavy atom. The predicted molar refractivity (Wildman–Crippen MR) is 61.4 cm³/mol. The van der Waals surface area contributed by atoms with Crippen molar-refractivity contribution >= 4 is 9.84 Å². The van der Waals surface area contributed by atoms with Crippen LogP contribution in [-0.2, 0) is 16.4 Å². The second-order valence-electron chi connectivity index (χ2n) is 3.95. The molecule has 0 heterocycles. The molecule has 15 heavy (non-hydrogen) atoms. The molecule has 0 N–H and O–H groups in total. The van der Waals surface area contributed by atoms with Gasteiger partial charge in [0, 0.05) is 12.8 Å². The molecule has 0 aliphatic heterocycles. The van der Waals surface area contributed by atoms with Crippen molar-refractivity contribution in [3.05, 3.63) is 36.2 Å². The van der Waals surface area contributed by atoms with Crippen molar-refractivity contribution in [2.24, 2.45) is 0 Å². The van der Waals surface area contributed by atoms with E-state index in [4.69, 9.17) is 0 Å². The molecular formula is C11H16NO2S. The lowest BCUT2D eigenvalue weighted by molar-refractivity contribution is 0.398. The molecule has 1 radical (unpaired) electrons. The largest absolute Gasteiger partial charge is 0.305 e. The van der Waals surface area contributed by atoms with Gasteiger partial charge >= 0.3 is 0 Å². The summed E-state index contributed by atoms with van der Waals surface area (Å²) in [4.78, 5) is 2.33. The molecule has 1 aromatic carbocycles. The zero-order chi connectivity index (χ0) is 11.6. The third-order valence-electron chi connectivity index (χ3n) is 2.01. The van der Waals surface area contributed by atoms with Gasteiger partial charge < -0.3 is 4.90 Å². The van der Waals surface area contributed by atoms with E-state index >= 15 is 0 Å². The molecule has 1 aromatic rings. The first-order valence-corrected chi connectivity index (χ1v) is 6.49. The van der Waals surface area contributed by atoms with Crippen molar-refractivity contribution in [3.8, 4) is 0 Å². The van der Waals surface area contributed by atoms with Gasteiger partial charge in [0.2, 0.25) is 0 Å². The molecule has 0 saturated heterocycles. The Kier molecular flexibility index (Phi) is 3.52. The van der Waals surface area contributed by atoms with Crippen LogP contribution in [0.2, 0.25) is 0 Å².